The molecule has 0 amide bonds. The molecule has 3 heteroatoms. The Morgan fingerprint density at radius 2 is 1.75 bits per heavy atom. The number of carbonyl (C=O) groups excluding carboxylic acids is 1. The highest BCUT2D eigenvalue weighted by Crippen LogP contribution is 2.13. The molecular formula is C17H13NOS. The monoisotopic (exact) mass is 279 g/mol. The van der Waals surface area contributed by atoms with E-state index in [1.54, 1.807) is 17.4 Å². The van der Waals surface area contributed by atoms with Crippen LogP contribution in [-0.2, 0) is 0 Å². The van der Waals surface area contributed by atoms with Gasteiger partial charge in [-0.05, 0) is 60.0 Å². The number of carbonyl (C=O) groups is 1. The molecule has 0 aliphatic carbocycles. The molecule has 98 valence electrons. The Balaban J connectivity index is 1.76. The van der Waals surface area contributed by atoms with Crippen LogP contribution in [0.25, 0.3) is 11.8 Å². The summed E-state index contributed by atoms with van der Waals surface area (Å²) >= 11 is 1.62. The molecule has 0 bridgehead atoms. The van der Waals surface area contributed by atoms with Gasteiger partial charge in [0.15, 0.2) is 5.78 Å². The molecule has 2 aromatic heterocycles. The van der Waals surface area contributed by atoms with E-state index in [9.17, 15) is 4.79 Å². The van der Waals surface area contributed by atoms with E-state index in [1.807, 2.05) is 76.9 Å². The Morgan fingerprint density at radius 1 is 1.00 bits per heavy atom. The Bertz CT molecular complexity index is 707. The third kappa shape index (κ3) is 2.78. The van der Waals surface area contributed by atoms with Crippen LogP contribution in [0.5, 0.6) is 0 Å². The smallest absolute Gasteiger partial charge is 0.185 e. The fourth-order valence-electron chi connectivity index (χ4n) is 1.94. The van der Waals surface area contributed by atoms with Crippen LogP contribution < -0.4 is 0 Å². The Morgan fingerprint density at radius 3 is 2.40 bits per heavy atom. The van der Waals surface area contributed by atoms with Crippen molar-refractivity contribution in [1.29, 1.82) is 0 Å². The second-order valence-electron chi connectivity index (χ2n) is 4.35. The molecule has 0 saturated heterocycles. The van der Waals surface area contributed by atoms with Crippen molar-refractivity contribution in [2.75, 3.05) is 0 Å². The molecule has 20 heavy (non-hydrogen) atoms. The zero-order valence-corrected chi connectivity index (χ0v) is 11.6. The van der Waals surface area contributed by atoms with Crippen molar-refractivity contribution >= 4 is 23.2 Å². The highest BCUT2D eigenvalue weighted by Gasteiger charge is 2.02. The van der Waals surface area contributed by atoms with E-state index in [1.165, 1.54) is 0 Å². The molecule has 0 aliphatic heterocycles. The first-order valence-corrected chi connectivity index (χ1v) is 7.20. The third-order valence-electron chi connectivity index (χ3n) is 3.00. The number of thiophene rings is 1. The number of benzene rings is 1. The average Bonchev–Trinajstić information content (AvgIpc) is 3.18. The van der Waals surface area contributed by atoms with Gasteiger partial charge >= 0.3 is 0 Å². The van der Waals surface area contributed by atoms with Gasteiger partial charge in [0.25, 0.3) is 0 Å². The number of aromatic nitrogens is 1. The number of nitrogens with zero attached hydrogens (tertiary/aromatic N) is 1. The molecule has 3 aromatic rings. The number of hydrogen-bond acceptors (Lipinski definition) is 2. The maximum atomic E-state index is 12.0. The number of allylic oxidation sites excluding steroid dienone is 1. The predicted molar refractivity (Wildman–Crippen MR) is 83.5 cm³/mol. The van der Waals surface area contributed by atoms with Crippen LogP contribution in [0.4, 0.5) is 0 Å². The number of rotatable bonds is 4. The Hall–Kier alpha value is -2.39. The first-order valence-electron chi connectivity index (χ1n) is 6.32. The van der Waals surface area contributed by atoms with E-state index in [0.29, 0.717) is 5.56 Å². The second-order valence-corrected chi connectivity index (χ2v) is 5.33. The molecule has 2 heterocycles. The summed E-state index contributed by atoms with van der Waals surface area (Å²) in [6.07, 6.45) is 7.43. The van der Waals surface area contributed by atoms with Gasteiger partial charge < -0.3 is 4.57 Å². The van der Waals surface area contributed by atoms with Crippen molar-refractivity contribution in [3.8, 4) is 5.69 Å². The zero-order valence-electron chi connectivity index (χ0n) is 10.8. The van der Waals surface area contributed by atoms with Crippen LogP contribution >= 0.6 is 11.3 Å². The fraction of sp³-hybridized carbons (Fsp3) is 0. The van der Waals surface area contributed by atoms with Crippen molar-refractivity contribution in [2.45, 2.75) is 0 Å². The standard InChI is InChI=1S/C17H13NOS/c19-17(10-9-16-4-3-13-20-16)14-5-7-15(8-6-14)18-11-1-2-12-18/h1-13H/b10-9+. The first-order chi connectivity index (χ1) is 9.83. The number of ketones is 1. The van der Waals surface area contributed by atoms with Gasteiger partial charge in [-0.15, -0.1) is 11.3 Å². The summed E-state index contributed by atoms with van der Waals surface area (Å²) in [5.41, 5.74) is 1.75. The molecule has 0 unspecified atom stereocenters. The van der Waals surface area contributed by atoms with Crippen molar-refractivity contribution in [3.05, 3.63) is 82.8 Å². The van der Waals surface area contributed by atoms with E-state index in [4.69, 9.17) is 0 Å². The van der Waals surface area contributed by atoms with Crippen LogP contribution in [0.2, 0.25) is 0 Å². The normalized spacial score (nSPS) is 11.0. The minimum absolute atomic E-state index is 0.0254. The molecule has 0 aliphatic rings. The zero-order chi connectivity index (χ0) is 13.8. The lowest BCUT2D eigenvalue weighted by Crippen LogP contribution is -1.95. The Kier molecular flexibility index (Phi) is 3.61. The van der Waals surface area contributed by atoms with Crippen LogP contribution in [0.3, 0.4) is 0 Å². The van der Waals surface area contributed by atoms with E-state index >= 15 is 0 Å². The molecule has 0 saturated carbocycles. The van der Waals surface area contributed by atoms with Crippen molar-refractivity contribution < 1.29 is 4.79 Å². The molecule has 0 fully saturated rings. The minimum atomic E-state index is 0.0254. The molecule has 0 spiro atoms. The molecule has 0 atom stereocenters. The summed E-state index contributed by atoms with van der Waals surface area (Å²) in [4.78, 5) is 13.1. The van der Waals surface area contributed by atoms with E-state index in [0.717, 1.165) is 10.6 Å². The number of hydrogen-bond donors (Lipinski definition) is 0. The van der Waals surface area contributed by atoms with Gasteiger partial charge in [0.2, 0.25) is 0 Å². The summed E-state index contributed by atoms with van der Waals surface area (Å²) in [7, 11) is 0. The van der Waals surface area contributed by atoms with Gasteiger partial charge in [0.1, 0.15) is 0 Å². The van der Waals surface area contributed by atoms with Gasteiger partial charge in [-0.25, -0.2) is 0 Å². The quantitative estimate of drug-likeness (QED) is 0.511. The fourth-order valence-corrected chi connectivity index (χ4v) is 2.56. The van der Waals surface area contributed by atoms with Gasteiger partial charge in [0.05, 0.1) is 0 Å². The maximum Gasteiger partial charge on any atom is 0.185 e. The molecule has 0 N–H and O–H groups in total. The van der Waals surface area contributed by atoms with Crippen LogP contribution in [0.15, 0.2) is 72.4 Å². The minimum Gasteiger partial charge on any atom is -0.324 e. The largest absolute Gasteiger partial charge is 0.324 e. The molecule has 2 nitrogen and oxygen atoms in total. The summed E-state index contributed by atoms with van der Waals surface area (Å²) in [6.45, 7) is 0. The molecule has 3 rings (SSSR count). The molecule has 1 aromatic carbocycles. The molecule has 0 radical (unpaired) electrons. The Labute approximate surface area is 121 Å². The highest BCUT2D eigenvalue weighted by atomic mass is 32.1. The summed E-state index contributed by atoms with van der Waals surface area (Å²) in [5.74, 6) is 0.0254. The second kappa shape index (κ2) is 5.72. The van der Waals surface area contributed by atoms with Gasteiger partial charge in [0, 0.05) is 28.5 Å². The van der Waals surface area contributed by atoms with E-state index < -0.39 is 0 Å². The highest BCUT2D eigenvalue weighted by molar-refractivity contribution is 7.10. The summed E-state index contributed by atoms with van der Waals surface area (Å²) in [5, 5.41) is 2.00. The third-order valence-corrected chi connectivity index (χ3v) is 3.83. The topological polar surface area (TPSA) is 22.0 Å². The van der Waals surface area contributed by atoms with Crippen LogP contribution in [-0.4, -0.2) is 10.4 Å². The predicted octanol–water partition coefficient (Wildman–Crippen LogP) is 4.43. The maximum absolute atomic E-state index is 12.0. The lowest BCUT2D eigenvalue weighted by molar-refractivity contribution is 0.104. The summed E-state index contributed by atoms with van der Waals surface area (Å²) < 4.78 is 2.01. The average molecular weight is 279 g/mol. The SMILES string of the molecule is O=C(/C=C/c1cccs1)c1ccc(-n2cccc2)cc1. The van der Waals surface area contributed by atoms with Gasteiger partial charge in [-0.1, -0.05) is 6.07 Å². The van der Waals surface area contributed by atoms with Crippen molar-refractivity contribution in [3.63, 3.8) is 0 Å². The van der Waals surface area contributed by atoms with Crippen LogP contribution in [0, 0.1) is 0 Å². The van der Waals surface area contributed by atoms with E-state index in [2.05, 4.69) is 0 Å². The van der Waals surface area contributed by atoms with Crippen LogP contribution in [0.1, 0.15) is 15.2 Å². The lowest BCUT2D eigenvalue weighted by Gasteiger charge is -2.03. The molecular weight excluding hydrogens is 266 g/mol. The van der Waals surface area contributed by atoms with E-state index in [-0.39, 0.29) is 5.78 Å². The van der Waals surface area contributed by atoms with Gasteiger partial charge in [-0.2, -0.15) is 0 Å². The van der Waals surface area contributed by atoms with Crippen molar-refractivity contribution in [2.24, 2.45) is 0 Å². The summed E-state index contributed by atoms with van der Waals surface area (Å²) in [6, 6.07) is 15.5. The lowest BCUT2D eigenvalue weighted by atomic mass is 10.1. The van der Waals surface area contributed by atoms with Crippen molar-refractivity contribution in [1.82, 2.24) is 4.57 Å². The van der Waals surface area contributed by atoms with Gasteiger partial charge in [-0.3, -0.25) is 4.79 Å². The first kappa shape index (κ1) is 12.6.